The molecule has 0 unspecified atom stereocenters. The number of ether oxygens (including phenoxy) is 1. The normalized spacial score (nSPS) is 11.7. The van der Waals surface area contributed by atoms with Crippen molar-refractivity contribution in [1.82, 2.24) is 0 Å². The molecule has 0 fully saturated rings. The molecule has 0 aromatic heterocycles. The summed E-state index contributed by atoms with van der Waals surface area (Å²) in [5.41, 5.74) is 1.38. The standard InChI is InChI=1S/C19H26FNO2/c1-11(2)14-8-13(10-21)18(20)17(12(3)4)15(14)9-16(22)23-19(5,6)7/h8,11-12H,9H2,1-7H3. The van der Waals surface area contributed by atoms with E-state index in [1.807, 2.05) is 33.8 Å². The van der Waals surface area contributed by atoms with Gasteiger partial charge in [-0.1, -0.05) is 27.7 Å². The van der Waals surface area contributed by atoms with Crippen LogP contribution < -0.4 is 0 Å². The van der Waals surface area contributed by atoms with E-state index in [1.54, 1.807) is 26.8 Å². The van der Waals surface area contributed by atoms with Crippen LogP contribution in [0.3, 0.4) is 0 Å². The number of hydrogen-bond acceptors (Lipinski definition) is 3. The highest BCUT2D eigenvalue weighted by molar-refractivity contribution is 5.74. The van der Waals surface area contributed by atoms with Gasteiger partial charge >= 0.3 is 5.97 Å². The molecule has 126 valence electrons. The molecule has 0 heterocycles. The average Bonchev–Trinajstić information content (AvgIpc) is 2.35. The maximum absolute atomic E-state index is 14.6. The van der Waals surface area contributed by atoms with E-state index in [9.17, 15) is 14.4 Å². The molecule has 1 rings (SSSR count). The summed E-state index contributed by atoms with van der Waals surface area (Å²) in [5.74, 6) is -0.952. The number of nitriles is 1. The lowest BCUT2D eigenvalue weighted by molar-refractivity contribution is -0.153. The Balaban J connectivity index is 3.47. The molecule has 0 bridgehead atoms. The summed E-state index contributed by atoms with van der Waals surface area (Å²) in [6.45, 7) is 13.1. The van der Waals surface area contributed by atoms with E-state index < -0.39 is 11.4 Å². The van der Waals surface area contributed by atoms with Crippen LogP contribution in [0, 0.1) is 17.1 Å². The van der Waals surface area contributed by atoms with E-state index in [0.717, 1.165) is 5.56 Å². The molecule has 3 nitrogen and oxygen atoms in total. The van der Waals surface area contributed by atoms with E-state index in [4.69, 9.17) is 4.74 Å². The lowest BCUT2D eigenvalue weighted by Gasteiger charge is -2.23. The van der Waals surface area contributed by atoms with Gasteiger partial charge in [-0.15, -0.1) is 0 Å². The summed E-state index contributed by atoms with van der Waals surface area (Å²) in [5, 5.41) is 9.17. The second kappa shape index (κ2) is 7.12. The van der Waals surface area contributed by atoms with Crippen LogP contribution in [-0.2, 0) is 16.0 Å². The molecule has 0 atom stereocenters. The number of carbonyl (C=O) groups excluding carboxylic acids is 1. The fourth-order valence-corrected chi connectivity index (χ4v) is 2.66. The monoisotopic (exact) mass is 319 g/mol. The van der Waals surface area contributed by atoms with Crippen molar-refractivity contribution in [2.75, 3.05) is 0 Å². The number of benzene rings is 1. The Morgan fingerprint density at radius 2 is 1.83 bits per heavy atom. The van der Waals surface area contributed by atoms with Crippen LogP contribution in [0.4, 0.5) is 4.39 Å². The lowest BCUT2D eigenvalue weighted by atomic mass is 9.85. The molecule has 1 aromatic carbocycles. The maximum Gasteiger partial charge on any atom is 0.310 e. The molecule has 0 amide bonds. The van der Waals surface area contributed by atoms with Gasteiger partial charge in [0.25, 0.3) is 0 Å². The van der Waals surface area contributed by atoms with Gasteiger partial charge in [0.1, 0.15) is 17.5 Å². The molecule has 4 heteroatoms. The van der Waals surface area contributed by atoms with Crippen molar-refractivity contribution < 1.29 is 13.9 Å². The van der Waals surface area contributed by atoms with Gasteiger partial charge in [0.2, 0.25) is 0 Å². The second-order valence-electron chi connectivity index (χ2n) is 7.40. The van der Waals surface area contributed by atoms with E-state index in [2.05, 4.69) is 0 Å². The van der Waals surface area contributed by atoms with Gasteiger partial charge in [-0.25, -0.2) is 4.39 Å². The Hall–Kier alpha value is -1.89. The Morgan fingerprint density at radius 1 is 1.26 bits per heavy atom. The molecule has 0 aliphatic rings. The van der Waals surface area contributed by atoms with Crippen LogP contribution in [0.25, 0.3) is 0 Å². The van der Waals surface area contributed by atoms with Crippen molar-refractivity contribution in [3.8, 4) is 6.07 Å². The van der Waals surface area contributed by atoms with Crippen LogP contribution in [-0.4, -0.2) is 11.6 Å². The number of rotatable bonds is 4. The van der Waals surface area contributed by atoms with Gasteiger partial charge in [0, 0.05) is 0 Å². The van der Waals surface area contributed by atoms with Crippen LogP contribution in [0.5, 0.6) is 0 Å². The minimum absolute atomic E-state index is 0.0148. The van der Waals surface area contributed by atoms with Gasteiger partial charge in [0.05, 0.1) is 12.0 Å². The summed E-state index contributed by atoms with van der Waals surface area (Å²) >= 11 is 0. The number of hydrogen-bond donors (Lipinski definition) is 0. The predicted octanol–water partition coefficient (Wildman–Crippen LogP) is 4.83. The third-order valence-electron chi connectivity index (χ3n) is 3.51. The van der Waals surface area contributed by atoms with Crippen molar-refractivity contribution in [1.29, 1.82) is 5.26 Å². The summed E-state index contributed by atoms with van der Waals surface area (Å²) in [4.78, 5) is 12.2. The Kier molecular flexibility index (Phi) is 5.93. The second-order valence-corrected chi connectivity index (χ2v) is 7.40. The molecular formula is C19H26FNO2. The van der Waals surface area contributed by atoms with Crippen LogP contribution in [0.2, 0.25) is 0 Å². The maximum atomic E-state index is 14.6. The molecule has 0 saturated carbocycles. The predicted molar refractivity (Wildman–Crippen MR) is 88.8 cm³/mol. The highest BCUT2D eigenvalue weighted by atomic mass is 19.1. The minimum atomic E-state index is -0.585. The first-order chi connectivity index (χ1) is 10.5. The van der Waals surface area contributed by atoms with Gasteiger partial charge in [-0.2, -0.15) is 5.26 Å². The zero-order valence-electron chi connectivity index (χ0n) is 15.1. The molecule has 0 aliphatic heterocycles. The molecule has 0 radical (unpaired) electrons. The van der Waals surface area contributed by atoms with Crippen molar-refractivity contribution in [2.24, 2.45) is 0 Å². The highest BCUT2D eigenvalue weighted by Crippen LogP contribution is 2.33. The van der Waals surface area contributed by atoms with Crippen molar-refractivity contribution >= 4 is 5.97 Å². The van der Waals surface area contributed by atoms with E-state index in [0.29, 0.717) is 11.1 Å². The first kappa shape index (κ1) is 19.2. The van der Waals surface area contributed by atoms with Gasteiger partial charge in [-0.05, 0) is 55.4 Å². The number of nitrogens with zero attached hydrogens (tertiary/aromatic N) is 1. The van der Waals surface area contributed by atoms with Crippen molar-refractivity contribution in [2.45, 2.75) is 72.3 Å². The largest absolute Gasteiger partial charge is 0.460 e. The summed E-state index contributed by atoms with van der Waals surface area (Å²) in [7, 11) is 0. The minimum Gasteiger partial charge on any atom is -0.460 e. The highest BCUT2D eigenvalue weighted by Gasteiger charge is 2.25. The molecule has 23 heavy (non-hydrogen) atoms. The van der Waals surface area contributed by atoms with Gasteiger partial charge in [-0.3, -0.25) is 4.79 Å². The van der Waals surface area contributed by atoms with E-state index >= 15 is 0 Å². The third kappa shape index (κ3) is 4.79. The van der Waals surface area contributed by atoms with Crippen LogP contribution >= 0.6 is 0 Å². The molecular weight excluding hydrogens is 293 g/mol. The Labute approximate surface area is 138 Å². The van der Waals surface area contributed by atoms with Crippen molar-refractivity contribution in [3.63, 3.8) is 0 Å². The van der Waals surface area contributed by atoms with Crippen LogP contribution in [0.15, 0.2) is 6.07 Å². The molecule has 0 saturated heterocycles. The summed E-state index contributed by atoms with van der Waals surface area (Å²) in [6, 6.07) is 3.47. The molecule has 0 N–H and O–H groups in total. The average molecular weight is 319 g/mol. The fourth-order valence-electron chi connectivity index (χ4n) is 2.66. The molecule has 0 aliphatic carbocycles. The smallest absolute Gasteiger partial charge is 0.310 e. The third-order valence-corrected chi connectivity index (χ3v) is 3.51. The van der Waals surface area contributed by atoms with Crippen molar-refractivity contribution in [3.05, 3.63) is 34.1 Å². The number of halogens is 1. The zero-order valence-corrected chi connectivity index (χ0v) is 15.1. The van der Waals surface area contributed by atoms with Gasteiger partial charge in [0.15, 0.2) is 0 Å². The fraction of sp³-hybridized carbons (Fsp3) is 0.579. The number of esters is 1. The summed E-state index contributed by atoms with van der Waals surface area (Å²) < 4.78 is 20.0. The van der Waals surface area contributed by atoms with Gasteiger partial charge < -0.3 is 4.74 Å². The SMILES string of the molecule is CC(C)c1cc(C#N)c(F)c(C(C)C)c1CC(=O)OC(C)(C)C. The van der Waals surface area contributed by atoms with Crippen LogP contribution in [0.1, 0.15) is 82.6 Å². The topological polar surface area (TPSA) is 50.1 Å². The molecule has 1 aromatic rings. The van der Waals surface area contributed by atoms with E-state index in [1.165, 1.54) is 0 Å². The number of carbonyl (C=O) groups is 1. The lowest BCUT2D eigenvalue weighted by Crippen LogP contribution is -2.26. The first-order valence-corrected chi connectivity index (χ1v) is 7.95. The zero-order chi connectivity index (χ0) is 17.9. The quantitative estimate of drug-likeness (QED) is 0.747. The first-order valence-electron chi connectivity index (χ1n) is 7.95. The summed E-state index contributed by atoms with van der Waals surface area (Å²) in [6.07, 6.45) is 0.0148. The van der Waals surface area contributed by atoms with E-state index in [-0.39, 0.29) is 29.8 Å². The molecule has 0 spiro atoms. The Morgan fingerprint density at radius 3 is 2.22 bits per heavy atom. The Bertz CT molecular complexity index is 634.